The van der Waals surface area contributed by atoms with Gasteiger partial charge in [-0.3, -0.25) is 0 Å². The van der Waals surface area contributed by atoms with E-state index >= 15 is 0 Å². The zero-order chi connectivity index (χ0) is 9.26. The second kappa shape index (κ2) is 3.24. The number of fused-ring (bicyclic) bond motifs is 1. The Balaban J connectivity index is 2.47. The molecule has 1 aromatic carbocycles. The summed E-state index contributed by atoms with van der Waals surface area (Å²) in [5, 5.41) is 3.19. The van der Waals surface area contributed by atoms with Crippen LogP contribution in [0.5, 0.6) is 0 Å². The molecule has 13 heavy (non-hydrogen) atoms. The Kier molecular flexibility index (Phi) is 2.08. The van der Waals surface area contributed by atoms with Crippen LogP contribution in [0.4, 0.5) is 15.8 Å². The fourth-order valence-electron chi connectivity index (χ4n) is 1.73. The molecule has 1 heterocycles. The third-order valence-electron chi connectivity index (χ3n) is 2.38. The molecule has 0 saturated carbocycles. The number of halogens is 1. The molecule has 0 aliphatic carbocycles. The molecule has 1 aromatic rings. The van der Waals surface area contributed by atoms with Gasteiger partial charge >= 0.3 is 0 Å². The number of likely N-dealkylation sites (N-methyl/N-ethyl adjacent to an activating group) is 1. The topological polar surface area (TPSA) is 15.3 Å². The zero-order valence-electron chi connectivity index (χ0n) is 7.68. The zero-order valence-corrected chi connectivity index (χ0v) is 7.68. The van der Waals surface area contributed by atoms with Gasteiger partial charge in [-0.05, 0) is 19.1 Å². The summed E-state index contributed by atoms with van der Waals surface area (Å²) in [5.41, 5.74) is 1.63. The van der Waals surface area contributed by atoms with Gasteiger partial charge in [0.25, 0.3) is 0 Å². The molecule has 0 amide bonds. The minimum atomic E-state index is -0.133. The number of hydrogen-bond donors (Lipinski definition) is 1. The SMILES string of the molecule is CCN1CCNc2cccc(F)c21. The molecule has 0 radical (unpaired) electrons. The smallest absolute Gasteiger partial charge is 0.148 e. The lowest BCUT2D eigenvalue weighted by atomic mass is 10.2. The van der Waals surface area contributed by atoms with Crippen molar-refractivity contribution < 1.29 is 4.39 Å². The van der Waals surface area contributed by atoms with Crippen molar-refractivity contribution in [1.29, 1.82) is 0 Å². The maximum absolute atomic E-state index is 13.4. The van der Waals surface area contributed by atoms with Crippen molar-refractivity contribution in [2.45, 2.75) is 6.92 Å². The first kappa shape index (κ1) is 8.35. The molecule has 1 aliphatic rings. The number of nitrogens with zero attached hydrogens (tertiary/aromatic N) is 1. The first-order valence-corrected chi connectivity index (χ1v) is 4.60. The van der Waals surface area contributed by atoms with E-state index < -0.39 is 0 Å². The van der Waals surface area contributed by atoms with Gasteiger partial charge in [0.1, 0.15) is 5.82 Å². The van der Waals surface area contributed by atoms with Crippen LogP contribution < -0.4 is 10.2 Å². The van der Waals surface area contributed by atoms with Crippen LogP contribution >= 0.6 is 0 Å². The van der Waals surface area contributed by atoms with Gasteiger partial charge < -0.3 is 10.2 Å². The van der Waals surface area contributed by atoms with Crippen molar-refractivity contribution >= 4 is 11.4 Å². The van der Waals surface area contributed by atoms with Crippen LogP contribution in [0.2, 0.25) is 0 Å². The second-order valence-electron chi connectivity index (χ2n) is 3.14. The van der Waals surface area contributed by atoms with Crippen LogP contribution in [0.3, 0.4) is 0 Å². The molecule has 3 heteroatoms. The molecule has 2 nitrogen and oxygen atoms in total. The molecule has 1 N–H and O–H groups in total. The minimum absolute atomic E-state index is 0.133. The van der Waals surface area contributed by atoms with Gasteiger partial charge in [0.05, 0.1) is 11.4 Å². The van der Waals surface area contributed by atoms with Gasteiger partial charge in [0.15, 0.2) is 0 Å². The first-order valence-electron chi connectivity index (χ1n) is 4.60. The highest BCUT2D eigenvalue weighted by Gasteiger charge is 2.18. The molecule has 1 aliphatic heterocycles. The Labute approximate surface area is 77.4 Å². The standard InChI is InChI=1S/C10H13FN2/c1-2-13-7-6-12-9-5-3-4-8(11)10(9)13/h3-5,12H,2,6-7H2,1H3. The molecule has 0 unspecified atom stereocenters. The Morgan fingerprint density at radius 3 is 3.15 bits per heavy atom. The van der Waals surface area contributed by atoms with Crippen molar-refractivity contribution in [2.75, 3.05) is 29.9 Å². The summed E-state index contributed by atoms with van der Waals surface area (Å²) in [6.07, 6.45) is 0. The maximum atomic E-state index is 13.4. The van der Waals surface area contributed by atoms with Crippen LogP contribution in [-0.2, 0) is 0 Å². The predicted octanol–water partition coefficient (Wildman–Crippen LogP) is 2.08. The Morgan fingerprint density at radius 1 is 1.54 bits per heavy atom. The Bertz CT molecular complexity index is 312. The summed E-state index contributed by atoms with van der Waals surface area (Å²) < 4.78 is 13.4. The van der Waals surface area contributed by atoms with E-state index in [4.69, 9.17) is 0 Å². The van der Waals surface area contributed by atoms with E-state index in [1.165, 1.54) is 6.07 Å². The molecular weight excluding hydrogens is 167 g/mol. The largest absolute Gasteiger partial charge is 0.382 e. The van der Waals surface area contributed by atoms with E-state index in [9.17, 15) is 4.39 Å². The number of benzene rings is 1. The molecule has 2 rings (SSSR count). The fraction of sp³-hybridized carbons (Fsp3) is 0.400. The second-order valence-corrected chi connectivity index (χ2v) is 3.14. The quantitative estimate of drug-likeness (QED) is 0.711. The molecule has 0 spiro atoms. The van der Waals surface area contributed by atoms with Gasteiger partial charge in [-0.1, -0.05) is 6.07 Å². The molecular formula is C10H13FN2. The fourth-order valence-corrected chi connectivity index (χ4v) is 1.73. The lowest BCUT2D eigenvalue weighted by Gasteiger charge is -2.31. The monoisotopic (exact) mass is 180 g/mol. The highest BCUT2D eigenvalue weighted by atomic mass is 19.1. The molecule has 0 atom stereocenters. The van der Waals surface area contributed by atoms with Crippen LogP contribution in [0.1, 0.15) is 6.92 Å². The normalized spacial score (nSPS) is 15.1. The third-order valence-corrected chi connectivity index (χ3v) is 2.38. The number of anilines is 2. The highest BCUT2D eigenvalue weighted by Crippen LogP contribution is 2.31. The van der Waals surface area contributed by atoms with Gasteiger partial charge in [0, 0.05) is 19.6 Å². The average Bonchev–Trinajstić information content (AvgIpc) is 2.17. The van der Waals surface area contributed by atoms with Crippen molar-refractivity contribution in [3.05, 3.63) is 24.0 Å². The van der Waals surface area contributed by atoms with E-state index in [1.54, 1.807) is 6.07 Å². The summed E-state index contributed by atoms with van der Waals surface area (Å²) in [6, 6.07) is 5.16. The predicted molar refractivity (Wildman–Crippen MR) is 52.8 cm³/mol. The van der Waals surface area contributed by atoms with Gasteiger partial charge in [-0.15, -0.1) is 0 Å². The van der Waals surface area contributed by atoms with Gasteiger partial charge in [-0.2, -0.15) is 0 Å². The van der Waals surface area contributed by atoms with Crippen molar-refractivity contribution in [2.24, 2.45) is 0 Å². The van der Waals surface area contributed by atoms with Crippen molar-refractivity contribution in [1.82, 2.24) is 0 Å². The van der Waals surface area contributed by atoms with Gasteiger partial charge in [0.2, 0.25) is 0 Å². The summed E-state index contributed by atoms with van der Waals surface area (Å²) in [7, 11) is 0. The van der Waals surface area contributed by atoms with E-state index in [-0.39, 0.29) is 5.82 Å². The summed E-state index contributed by atoms with van der Waals surface area (Å²) in [5.74, 6) is -0.133. The lowest BCUT2D eigenvalue weighted by molar-refractivity contribution is 0.616. The van der Waals surface area contributed by atoms with Crippen LogP contribution in [-0.4, -0.2) is 19.6 Å². The summed E-state index contributed by atoms with van der Waals surface area (Å²) >= 11 is 0. The molecule has 0 fully saturated rings. The van der Waals surface area contributed by atoms with Crippen LogP contribution in [0.15, 0.2) is 18.2 Å². The number of nitrogens with one attached hydrogen (secondary N) is 1. The van der Waals surface area contributed by atoms with Crippen molar-refractivity contribution in [3.8, 4) is 0 Å². The van der Waals surface area contributed by atoms with Crippen LogP contribution in [0, 0.1) is 5.82 Å². The van der Waals surface area contributed by atoms with E-state index in [1.807, 2.05) is 13.0 Å². The average molecular weight is 180 g/mol. The molecule has 0 saturated heterocycles. The van der Waals surface area contributed by atoms with E-state index in [2.05, 4.69) is 10.2 Å². The molecule has 0 aromatic heterocycles. The molecule has 70 valence electrons. The third kappa shape index (κ3) is 1.34. The van der Waals surface area contributed by atoms with E-state index in [0.717, 1.165) is 31.0 Å². The first-order chi connectivity index (χ1) is 6.33. The minimum Gasteiger partial charge on any atom is -0.382 e. The lowest BCUT2D eigenvalue weighted by Crippen LogP contribution is -2.34. The number of rotatable bonds is 1. The van der Waals surface area contributed by atoms with Crippen LogP contribution in [0.25, 0.3) is 0 Å². The van der Waals surface area contributed by atoms with Crippen molar-refractivity contribution in [3.63, 3.8) is 0 Å². The Morgan fingerprint density at radius 2 is 2.38 bits per heavy atom. The van der Waals surface area contributed by atoms with E-state index in [0.29, 0.717) is 0 Å². The number of para-hydroxylation sites is 1. The molecule has 0 bridgehead atoms. The van der Waals surface area contributed by atoms with Gasteiger partial charge in [-0.25, -0.2) is 4.39 Å². The summed E-state index contributed by atoms with van der Waals surface area (Å²) in [4.78, 5) is 2.06. The Hall–Kier alpha value is -1.25. The number of hydrogen-bond acceptors (Lipinski definition) is 2. The summed E-state index contributed by atoms with van der Waals surface area (Å²) in [6.45, 7) is 4.67. The highest BCUT2D eigenvalue weighted by molar-refractivity contribution is 5.72. The maximum Gasteiger partial charge on any atom is 0.148 e.